The molecule has 0 aliphatic rings. The molecular weight excluding hydrogens is 302 g/mol. The highest BCUT2D eigenvalue weighted by molar-refractivity contribution is 5.99. The van der Waals surface area contributed by atoms with Gasteiger partial charge in [0.2, 0.25) is 0 Å². The molecule has 2 aromatic carbocycles. The molecule has 118 valence electrons. The number of methoxy groups -OCH3 is 1. The summed E-state index contributed by atoms with van der Waals surface area (Å²) in [6, 6.07) is 12.0. The number of para-hydroxylation sites is 1. The molecule has 0 unspecified atom stereocenters. The van der Waals surface area contributed by atoms with E-state index in [2.05, 4.69) is 5.16 Å². The number of nitro groups is 1. The molecule has 0 aromatic heterocycles. The summed E-state index contributed by atoms with van der Waals surface area (Å²) in [6.45, 7) is 0. The van der Waals surface area contributed by atoms with Crippen molar-refractivity contribution in [3.8, 4) is 5.75 Å². The van der Waals surface area contributed by atoms with Gasteiger partial charge in [0, 0.05) is 17.7 Å². The number of nitro benzene ring substituents is 1. The fourth-order valence-electron chi connectivity index (χ4n) is 1.78. The average molecular weight is 315 g/mol. The normalized spacial score (nSPS) is 10.9. The SMILES string of the molecule is COc1ccccc1C(=O)ON=C(N)c1cccc([N+](=O)[O-])c1. The van der Waals surface area contributed by atoms with Gasteiger partial charge in [0.05, 0.1) is 12.0 Å². The van der Waals surface area contributed by atoms with Crippen molar-refractivity contribution in [1.29, 1.82) is 0 Å². The molecule has 2 N–H and O–H groups in total. The lowest BCUT2D eigenvalue weighted by Gasteiger charge is -2.05. The maximum Gasteiger partial charge on any atom is 0.369 e. The Kier molecular flexibility index (Phi) is 4.88. The number of rotatable bonds is 5. The first-order chi connectivity index (χ1) is 11.0. The number of amidine groups is 1. The molecular formula is C15H13N3O5. The minimum atomic E-state index is -0.754. The lowest BCUT2D eigenvalue weighted by atomic mass is 10.2. The molecule has 0 bridgehead atoms. The summed E-state index contributed by atoms with van der Waals surface area (Å²) in [5.41, 5.74) is 5.99. The molecule has 0 fully saturated rings. The summed E-state index contributed by atoms with van der Waals surface area (Å²) >= 11 is 0. The van der Waals surface area contributed by atoms with E-state index >= 15 is 0 Å². The highest BCUT2D eigenvalue weighted by Crippen LogP contribution is 2.18. The van der Waals surface area contributed by atoms with E-state index in [1.807, 2.05) is 0 Å². The zero-order valence-electron chi connectivity index (χ0n) is 12.1. The number of oxime groups is 1. The van der Waals surface area contributed by atoms with Crippen molar-refractivity contribution >= 4 is 17.5 Å². The van der Waals surface area contributed by atoms with Crippen LogP contribution >= 0.6 is 0 Å². The standard InChI is InChI=1S/C15H13N3O5/c1-22-13-8-3-2-7-12(13)15(19)23-17-14(16)10-5-4-6-11(9-10)18(20)21/h2-9H,1H3,(H2,16,17). The number of nitrogens with two attached hydrogens (primary N) is 1. The summed E-state index contributed by atoms with van der Waals surface area (Å²) in [4.78, 5) is 26.9. The van der Waals surface area contributed by atoms with Gasteiger partial charge < -0.3 is 15.3 Å². The van der Waals surface area contributed by atoms with E-state index < -0.39 is 10.9 Å². The summed E-state index contributed by atoms with van der Waals surface area (Å²) in [6.07, 6.45) is 0. The van der Waals surface area contributed by atoms with E-state index in [4.69, 9.17) is 15.3 Å². The Morgan fingerprint density at radius 1 is 1.22 bits per heavy atom. The summed E-state index contributed by atoms with van der Waals surface area (Å²) in [7, 11) is 1.42. The second kappa shape index (κ2) is 7.03. The third kappa shape index (κ3) is 3.82. The molecule has 8 heteroatoms. The van der Waals surface area contributed by atoms with Crippen LogP contribution in [0, 0.1) is 10.1 Å². The molecule has 0 amide bonds. The average Bonchev–Trinajstić information content (AvgIpc) is 2.59. The van der Waals surface area contributed by atoms with E-state index in [0.717, 1.165) is 0 Å². The maximum absolute atomic E-state index is 12.0. The number of non-ortho nitro benzene ring substituents is 1. The van der Waals surface area contributed by atoms with Crippen LogP contribution in [-0.4, -0.2) is 23.8 Å². The lowest BCUT2D eigenvalue weighted by Crippen LogP contribution is -2.15. The van der Waals surface area contributed by atoms with Crippen LogP contribution in [0.1, 0.15) is 15.9 Å². The Labute approximate surface area is 131 Å². The van der Waals surface area contributed by atoms with Crippen molar-refractivity contribution in [2.75, 3.05) is 7.11 Å². The monoisotopic (exact) mass is 315 g/mol. The number of carbonyl (C=O) groups excluding carboxylic acids is 1. The van der Waals surface area contributed by atoms with Crippen LogP contribution in [-0.2, 0) is 4.84 Å². The molecule has 23 heavy (non-hydrogen) atoms. The van der Waals surface area contributed by atoms with Gasteiger partial charge in [0.15, 0.2) is 5.84 Å². The highest BCUT2D eigenvalue weighted by atomic mass is 16.7. The Balaban J connectivity index is 2.17. The Bertz CT molecular complexity index is 773. The van der Waals surface area contributed by atoms with Gasteiger partial charge >= 0.3 is 5.97 Å². The van der Waals surface area contributed by atoms with Crippen LogP contribution in [0.2, 0.25) is 0 Å². The maximum atomic E-state index is 12.0. The number of nitrogens with zero attached hydrogens (tertiary/aromatic N) is 2. The van der Waals surface area contributed by atoms with E-state index in [0.29, 0.717) is 5.75 Å². The van der Waals surface area contributed by atoms with Crippen LogP contribution in [0.4, 0.5) is 5.69 Å². The predicted molar refractivity (Wildman–Crippen MR) is 82.2 cm³/mol. The molecule has 0 saturated carbocycles. The summed E-state index contributed by atoms with van der Waals surface area (Å²) in [5, 5.41) is 14.2. The van der Waals surface area contributed by atoms with E-state index in [-0.39, 0.29) is 22.6 Å². The largest absolute Gasteiger partial charge is 0.496 e. The topological polar surface area (TPSA) is 117 Å². The number of hydrogen-bond acceptors (Lipinski definition) is 6. The molecule has 2 aromatic rings. The third-order valence-corrected chi connectivity index (χ3v) is 2.91. The highest BCUT2D eigenvalue weighted by Gasteiger charge is 2.14. The molecule has 0 atom stereocenters. The van der Waals surface area contributed by atoms with Crippen molar-refractivity contribution in [2.24, 2.45) is 10.9 Å². The van der Waals surface area contributed by atoms with Gasteiger partial charge in [-0.2, -0.15) is 0 Å². The third-order valence-electron chi connectivity index (χ3n) is 2.91. The zero-order chi connectivity index (χ0) is 16.8. The first-order valence-corrected chi connectivity index (χ1v) is 6.45. The number of carbonyl (C=O) groups is 1. The van der Waals surface area contributed by atoms with Crippen LogP contribution in [0.3, 0.4) is 0 Å². The van der Waals surface area contributed by atoms with Crippen LogP contribution in [0.5, 0.6) is 5.75 Å². The van der Waals surface area contributed by atoms with Crippen LogP contribution < -0.4 is 10.5 Å². The Morgan fingerprint density at radius 3 is 2.65 bits per heavy atom. The van der Waals surface area contributed by atoms with Gasteiger partial charge in [-0.15, -0.1) is 0 Å². The Hall–Kier alpha value is -3.42. The van der Waals surface area contributed by atoms with Crippen LogP contribution in [0.15, 0.2) is 53.7 Å². The van der Waals surface area contributed by atoms with Gasteiger partial charge in [-0.05, 0) is 12.1 Å². The fourth-order valence-corrected chi connectivity index (χ4v) is 1.78. The first kappa shape index (κ1) is 16.0. The minimum Gasteiger partial charge on any atom is -0.496 e. The first-order valence-electron chi connectivity index (χ1n) is 6.45. The number of hydrogen-bond donors (Lipinski definition) is 1. The second-order valence-corrected chi connectivity index (χ2v) is 4.36. The smallest absolute Gasteiger partial charge is 0.369 e. The molecule has 0 radical (unpaired) electrons. The van der Waals surface area contributed by atoms with Gasteiger partial charge in [-0.1, -0.05) is 29.4 Å². The fraction of sp³-hybridized carbons (Fsp3) is 0.0667. The van der Waals surface area contributed by atoms with E-state index in [9.17, 15) is 14.9 Å². The zero-order valence-corrected chi connectivity index (χ0v) is 12.1. The Morgan fingerprint density at radius 2 is 1.96 bits per heavy atom. The minimum absolute atomic E-state index is 0.142. The van der Waals surface area contributed by atoms with E-state index in [1.165, 1.54) is 37.4 Å². The van der Waals surface area contributed by atoms with Gasteiger partial charge in [-0.3, -0.25) is 10.1 Å². The summed E-state index contributed by atoms with van der Waals surface area (Å²) in [5.74, 6) is -0.575. The van der Waals surface area contributed by atoms with Crippen molar-refractivity contribution in [3.05, 3.63) is 69.8 Å². The number of benzene rings is 2. The predicted octanol–water partition coefficient (Wildman–Crippen LogP) is 2.08. The van der Waals surface area contributed by atoms with Crippen molar-refractivity contribution in [2.45, 2.75) is 0 Å². The summed E-state index contributed by atoms with van der Waals surface area (Å²) < 4.78 is 5.04. The molecule has 8 nitrogen and oxygen atoms in total. The lowest BCUT2D eigenvalue weighted by molar-refractivity contribution is -0.384. The molecule has 2 rings (SSSR count). The molecule has 0 spiro atoms. The van der Waals surface area contributed by atoms with Gasteiger partial charge in [0.25, 0.3) is 5.69 Å². The van der Waals surface area contributed by atoms with Gasteiger partial charge in [-0.25, -0.2) is 4.79 Å². The van der Waals surface area contributed by atoms with Crippen LogP contribution in [0.25, 0.3) is 0 Å². The second-order valence-electron chi connectivity index (χ2n) is 4.36. The molecule has 0 heterocycles. The van der Waals surface area contributed by atoms with Crippen molar-refractivity contribution in [1.82, 2.24) is 0 Å². The van der Waals surface area contributed by atoms with Crippen molar-refractivity contribution in [3.63, 3.8) is 0 Å². The number of ether oxygens (including phenoxy) is 1. The molecule has 0 aliphatic carbocycles. The van der Waals surface area contributed by atoms with Crippen molar-refractivity contribution < 1.29 is 19.3 Å². The quantitative estimate of drug-likeness (QED) is 0.297. The molecule has 0 saturated heterocycles. The van der Waals surface area contributed by atoms with E-state index in [1.54, 1.807) is 18.2 Å². The van der Waals surface area contributed by atoms with Gasteiger partial charge in [0.1, 0.15) is 11.3 Å². The molecule has 0 aliphatic heterocycles.